The second-order valence-electron chi connectivity index (χ2n) is 6.81. The van der Waals surface area contributed by atoms with E-state index in [1.54, 1.807) is 19.2 Å². The number of nitrogens with zero attached hydrogens (tertiary/aromatic N) is 2. The summed E-state index contributed by atoms with van der Waals surface area (Å²) >= 11 is 4.77. The molecular formula is C22H25ClN4O3S. The van der Waals surface area contributed by atoms with Crippen LogP contribution in [0.5, 0.6) is 17.2 Å². The van der Waals surface area contributed by atoms with Gasteiger partial charge in [0, 0.05) is 12.5 Å². The molecule has 31 heavy (non-hydrogen) atoms. The van der Waals surface area contributed by atoms with Crippen LogP contribution in [0.2, 0.25) is 5.15 Å². The Bertz CT molecular complexity index is 1020. The zero-order chi connectivity index (χ0) is 22.2. The minimum absolute atomic E-state index is 0.140. The van der Waals surface area contributed by atoms with Crippen molar-refractivity contribution in [3.63, 3.8) is 0 Å². The number of nitrogens with one attached hydrogen (secondary N) is 2. The van der Waals surface area contributed by atoms with Crippen LogP contribution in [0.1, 0.15) is 31.5 Å². The van der Waals surface area contributed by atoms with Crippen molar-refractivity contribution in [1.82, 2.24) is 14.7 Å². The Morgan fingerprint density at radius 3 is 2.71 bits per heavy atom. The molecule has 0 saturated heterocycles. The molecule has 0 aliphatic heterocycles. The number of rotatable bonds is 11. The first kappa shape index (κ1) is 23.0. The van der Waals surface area contributed by atoms with Crippen molar-refractivity contribution in [3.05, 3.63) is 71.7 Å². The maximum absolute atomic E-state index is 12.6. The first-order chi connectivity index (χ1) is 15.0. The van der Waals surface area contributed by atoms with Crippen molar-refractivity contribution in [1.29, 1.82) is 0 Å². The average molecular weight is 461 g/mol. The van der Waals surface area contributed by atoms with E-state index in [0.717, 1.165) is 18.4 Å². The van der Waals surface area contributed by atoms with E-state index in [1.165, 1.54) is 0 Å². The molecule has 0 bridgehead atoms. The van der Waals surface area contributed by atoms with Gasteiger partial charge in [-0.2, -0.15) is 0 Å². The molecule has 1 heterocycles. The molecule has 1 aromatic heterocycles. The lowest BCUT2D eigenvalue weighted by Gasteiger charge is -2.15. The van der Waals surface area contributed by atoms with Crippen LogP contribution in [-0.4, -0.2) is 27.8 Å². The predicted molar refractivity (Wildman–Crippen MR) is 125 cm³/mol. The van der Waals surface area contributed by atoms with Crippen molar-refractivity contribution in [3.8, 4) is 17.2 Å². The molecule has 0 spiro atoms. The van der Waals surface area contributed by atoms with Crippen LogP contribution in [-0.2, 0) is 11.2 Å². The Kier molecular flexibility index (Phi) is 8.22. The molecule has 1 aromatic carbocycles. The van der Waals surface area contributed by atoms with E-state index in [1.807, 2.05) is 43.4 Å². The highest BCUT2D eigenvalue weighted by molar-refractivity contribution is 7.84. The fourth-order valence-corrected chi connectivity index (χ4v) is 3.50. The molecule has 1 saturated carbocycles. The highest BCUT2D eigenvalue weighted by atomic mass is 35.5. The molecule has 1 atom stereocenters. The van der Waals surface area contributed by atoms with Crippen molar-refractivity contribution >= 4 is 28.6 Å². The van der Waals surface area contributed by atoms with Crippen LogP contribution in [0.15, 0.2) is 60.7 Å². The summed E-state index contributed by atoms with van der Waals surface area (Å²) in [4.78, 5) is 8.89. The number of methoxy groups -OCH3 is 1. The smallest absolute Gasteiger partial charge is 0.208 e. The molecule has 1 aliphatic rings. The van der Waals surface area contributed by atoms with E-state index in [4.69, 9.17) is 21.1 Å². The Balaban J connectivity index is 1.79. The van der Waals surface area contributed by atoms with Gasteiger partial charge in [0.15, 0.2) is 33.6 Å². The molecule has 1 fully saturated rings. The van der Waals surface area contributed by atoms with E-state index in [2.05, 4.69) is 26.0 Å². The first-order valence-electron chi connectivity index (χ1n) is 9.79. The molecular weight excluding hydrogens is 436 g/mol. The van der Waals surface area contributed by atoms with E-state index in [9.17, 15) is 4.21 Å². The minimum atomic E-state index is -1.66. The largest absolute Gasteiger partial charge is 0.493 e. The Labute approximate surface area is 190 Å². The summed E-state index contributed by atoms with van der Waals surface area (Å²) in [5.74, 6) is 2.26. The van der Waals surface area contributed by atoms with Crippen molar-refractivity contribution in [2.24, 2.45) is 0 Å². The summed E-state index contributed by atoms with van der Waals surface area (Å²) in [5.41, 5.74) is 0.776. The number of benzene rings is 1. The monoisotopic (exact) mass is 460 g/mol. The number of allylic oxidation sites excluding steroid dienone is 3. The average Bonchev–Trinajstić information content (AvgIpc) is 3.60. The fraction of sp³-hybridized carbons (Fsp3) is 0.273. The van der Waals surface area contributed by atoms with E-state index < -0.39 is 11.2 Å². The lowest BCUT2D eigenvalue weighted by molar-refractivity contribution is 0.378. The van der Waals surface area contributed by atoms with Gasteiger partial charge in [-0.15, -0.1) is 0 Å². The van der Waals surface area contributed by atoms with Crippen molar-refractivity contribution in [2.45, 2.75) is 25.7 Å². The minimum Gasteiger partial charge on any atom is -0.493 e. The first-order valence-corrected chi connectivity index (χ1v) is 11.3. The van der Waals surface area contributed by atoms with Gasteiger partial charge in [-0.05, 0) is 37.5 Å². The van der Waals surface area contributed by atoms with Crippen LogP contribution in [0, 0.1) is 0 Å². The fourth-order valence-electron chi connectivity index (χ4n) is 2.58. The van der Waals surface area contributed by atoms with Gasteiger partial charge in [0.05, 0.1) is 7.11 Å². The van der Waals surface area contributed by atoms with Crippen LogP contribution < -0.4 is 18.9 Å². The van der Waals surface area contributed by atoms with Gasteiger partial charge < -0.3 is 9.47 Å². The Morgan fingerprint density at radius 2 is 2.03 bits per heavy atom. The highest BCUT2D eigenvalue weighted by Crippen LogP contribution is 2.43. The van der Waals surface area contributed by atoms with Crippen LogP contribution in [0.4, 0.5) is 5.82 Å². The van der Waals surface area contributed by atoms with Crippen LogP contribution in [0.3, 0.4) is 0 Å². The zero-order valence-corrected chi connectivity index (χ0v) is 19.0. The molecule has 164 valence electrons. The van der Waals surface area contributed by atoms with Gasteiger partial charge in [-0.1, -0.05) is 54.6 Å². The summed E-state index contributed by atoms with van der Waals surface area (Å²) in [6.45, 7) is 6.18. The predicted octanol–water partition coefficient (Wildman–Crippen LogP) is 5.08. The number of para-hydroxylation sites is 2. The van der Waals surface area contributed by atoms with Gasteiger partial charge >= 0.3 is 0 Å². The van der Waals surface area contributed by atoms with E-state index >= 15 is 0 Å². The molecule has 9 heteroatoms. The van der Waals surface area contributed by atoms with Crippen molar-refractivity contribution in [2.75, 3.05) is 18.4 Å². The van der Waals surface area contributed by atoms with Gasteiger partial charge in [0.2, 0.25) is 5.75 Å². The number of halogens is 1. The summed E-state index contributed by atoms with van der Waals surface area (Å²) in [6, 6.07) is 7.15. The topological polar surface area (TPSA) is 85.4 Å². The van der Waals surface area contributed by atoms with Gasteiger partial charge in [-0.3, -0.25) is 4.72 Å². The van der Waals surface area contributed by atoms with Gasteiger partial charge in [0.25, 0.3) is 0 Å². The quantitative estimate of drug-likeness (QED) is 0.361. The molecule has 1 aliphatic carbocycles. The highest BCUT2D eigenvalue weighted by Gasteiger charge is 2.29. The second-order valence-corrected chi connectivity index (χ2v) is 8.20. The normalized spacial score (nSPS) is 14.7. The molecule has 7 nitrogen and oxygen atoms in total. The summed E-state index contributed by atoms with van der Waals surface area (Å²) in [7, 11) is 1.55. The molecule has 2 aromatic rings. The summed E-state index contributed by atoms with van der Waals surface area (Å²) in [6.07, 6.45) is 9.52. The standard InChI is InChI=1S/C22H25ClN4O3S/c1-4-5-6-9-15(2)14-24-31(28)27-22-19(20(23)25-21(26-22)16-12-13-16)30-18-11-8-7-10-17(18)29-3/h4-11,16,24H,2,12-14H2,1,3H3,(H,25,26,27)/b5-4-,9-6-. The zero-order valence-electron chi connectivity index (χ0n) is 17.4. The third kappa shape index (κ3) is 6.65. The second kappa shape index (κ2) is 11.1. The van der Waals surface area contributed by atoms with Gasteiger partial charge in [0.1, 0.15) is 5.82 Å². The van der Waals surface area contributed by atoms with Gasteiger partial charge in [-0.25, -0.2) is 18.9 Å². The molecule has 0 amide bonds. The third-order valence-electron chi connectivity index (χ3n) is 4.32. The Hall–Kier alpha value is -2.68. The Morgan fingerprint density at radius 1 is 1.29 bits per heavy atom. The molecule has 3 rings (SSSR count). The maximum atomic E-state index is 12.6. The van der Waals surface area contributed by atoms with Crippen LogP contribution in [0.25, 0.3) is 0 Å². The van der Waals surface area contributed by atoms with E-state index in [0.29, 0.717) is 23.9 Å². The molecule has 2 N–H and O–H groups in total. The SMILES string of the molecule is C=C(/C=C\C=C/C)CNS(=O)Nc1nc(C2CC2)nc(Cl)c1Oc1ccccc1OC. The number of hydrogen-bond donors (Lipinski definition) is 2. The number of anilines is 1. The van der Waals surface area contributed by atoms with Crippen LogP contribution >= 0.6 is 11.6 Å². The number of aromatic nitrogens is 2. The lowest BCUT2D eigenvalue weighted by Crippen LogP contribution is -2.25. The third-order valence-corrected chi connectivity index (χ3v) is 5.36. The summed E-state index contributed by atoms with van der Waals surface area (Å²) in [5, 5.41) is 0.140. The van der Waals surface area contributed by atoms with Crippen molar-refractivity contribution < 1.29 is 13.7 Å². The lowest BCUT2D eigenvalue weighted by atomic mass is 10.3. The molecule has 0 radical (unpaired) electrons. The molecule has 1 unspecified atom stereocenters. The summed E-state index contributed by atoms with van der Waals surface area (Å²) < 4.78 is 29.6. The number of hydrogen-bond acceptors (Lipinski definition) is 5. The maximum Gasteiger partial charge on any atom is 0.208 e. The van der Waals surface area contributed by atoms with E-state index in [-0.39, 0.29) is 22.6 Å². The number of ether oxygens (including phenoxy) is 2.